The quantitative estimate of drug-likeness (QED) is 0.312. The summed E-state index contributed by atoms with van der Waals surface area (Å²) in [5.74, 6) is 0.585. The molecule has 198 valence electrons. The van der Waals surface area contributed by atoms with E-state index in [2.05, 4.69) is 5.32 Å². The van der Waals surface area contributed by atoms with Crippen LogP contribution in [-0.2, 0) is 17.4 Å². The van der Waals surface area contributed by atoms with Gasteiger partial charge in [-0.2, -0.15) is 0 Å². The fraction of sp³-hybridized carbons (Fsp3) is 0.345. The highest BCUT2D eigenvalue weighted by atomic mass is 32.2. The number of anilines is 1. The SMILES string of the molecule is COc1ccc(S(=O)N(CC(C)C)C[C@@H](O)[C@H](Cc2ccccc2)NC(=O)c2cccc(N)c2C)cc1. The van der Waals surface area contributed by atoms with Crippen molar-refractivity contribution in [1.82, 2.24) is 9.62 Å². The zero-order valence-electron chi connectivity index (χ0n) is 21.9. The Morgan fingerprint density at radius 2 is 1.70 bits per heavy atom. The number of benzene rings is 3. The topological polar surface area (TPSA) is 105 Å². The number of nitrogens with one attached hydrogen (secondary N) is 1. The Morgan fingerprint density at radius 3 is 2.32 bits per heavy atom. The number of carbonyl (C=O) groups excluding carboxylic acids is 1. The molecule has 0 saturated carbocycles. The molecule has 3 atom stereocenters. The lowest BCUT2D eigenvalue weighted by atomic mass is 9.99. The van der Waals surface area contributed by atoms with Crippen molar-refractivity contribution < 1.29 is 18.8 Å². The summed E-state index contributed by atoms with van der Waals surface area (Å²) in [5.41, 5.74) is 8.68. The van der Waals surface area contributed by atoms with Gasteiger partial charge in [-0.15, -0.1) is 0 Å². The monoisotopic (exact) mass is 523 g/mol. The van der Waals surface area contributed by atoms with Crippen molar-refractivity contribution in [2.75, 3.05) is 25.9 Å². The molecular weight excluding hydrogens is 486 g/mol. The van der Waals surface area contributed by atoms with Crippen molar-refractivity contribution in [2.45, 2.75) is 44.2 Å². The first-order valence-corrected chi connectivity index (χ1v) is 13.5. The zero-order valence-corrected chi connectivity index (χ0v) is 22.7. The van der Waals surface area contributed by atoms with Gasteiger partial charge >= 0.3 is 0 Å². The van der Waals surface area contributed by atoms with Crippen LogP contribution in [0, 0.1) is 12.8 Å². The molecule has 0 saturated heterocycles. The van der Waals surface area contributed by atoms with E-state index in [1.165, 1.54) is 0 Å². The molecular formula is C29H37N3O4S. The van der Waals surface area contributed by atoms with Gasteiger partial charge in [-0.1, -0.05) is 50.2 Å². The summed E-state index contributed by atoms with van der Waals surface area (Å²) in [6.45, 7) is 6.50. The van der Waals surface area contributed by atoms with E-state index in [1.54, 1.807) is 60.8 Å². The largest absolute Gasteiger partial charge is 0.497 e. The number of hydrogen-bond acceptors (Lipinski definition) is 5. The Morgan fingerprint density at radius 1 is 1.03 bits per heavy atom. The van der Waals surface area contributed by atoms with E-state index in [0.717, 1.165) is 5.56 Å². The second kappa shape index (κ2) is 13.4. The average Bonchev–Trinajstić information content (AvgIpc) is 2.89. The minimum absolute atomic E-state index is 0.116. The maximum absolute atomic E-state index is 13.5. The number of amides is 1. The number of nitrogen functional groups attached to an aromatic ring is 1. The zero-order chi connectivity index (χ0) is 26.9. The second-order valence-corrected chi connectivity index (χ2v) is 11.0. The Hall–Kier alpha value is -3.20. The number of rotatable bonds is 12. The molecule has 0 aliphatic heterocycles. The number of nitrogens with two attached hydrogens (primary N) is 1. The van der Waals surface area contributed by atoms with Gasteiger partial charge < -0.3 is 20.9 Å². The summed E-state index contributed by atoms with van der Waals surface area (Å²) in [4.78, 5) is 13.9. The van der Waals surface area contributed by atoms with Crippen molar-refractivity contribution >= 4 is 22.6 Å². The van der Waals surface area contributed by atoms with E-state index in [9.17, 15) is 14.1 Å². The van der Waals surface area contributed by atoms with Crippen LogP contribution in [0.1, 0.15) is 35.3 Å². The van der Waals surface area contributed by atoms with E-state index in [-0.39, 0.29) is 18.4 Å². The predicted octanol–water partition coefficient (Wildman–Crippen LogP) is 3.97. The molecule has 8 heteroatoms. The van der Waals surface area contributed by atoms with Crippen LogP contribution in [0.15, 0.2) is 77.7 Å². The van der Waals surface area contributed by atoms with Gasteiger partial charge in [-0.3, -0.25) is 4.79 Å². The van der Waals surface area contributed by atoms with Gasteiger partial charge in [-0.25, -0.2) is 8.51 Å². The van der Waals surface area contributed by atoms with Gasteiger partial charge in [0.05, 0.1) is 24.2 Å². The number of hydrogen-bond donors (Lipinski definition) is 3. The van der Waals surface area contributed by atoms with Crippen molar-refractivity contribution in [3.05, 3.63) is 89.5 Å². The highest BCUT2D eigenvalue weighted by molar-refractivity contribution is 7.82. The summed E-state index contributed by atoms with van der Waals surface area (Å²) in [6, 6.07) is 21.3. The molecule has 3 aromatic rings. The van der Waals surface area contributed by atoms with Crippen LogP contribution in [0.5, 0.6) is 5.75 Å². The van der Waals surface area contributed by atoms with Crippen molar-refractivity contribution in [3.8, 4) is 5.75 Å². The van der Waals surface area contributed by atoms with E-state index < -0.39 is 23.1 Å². The first-order chi connectivity index (χ1) is 17.7. The van der Waals surface area contributed by atoms with Gasteiger partial charge in [0.15, 0.2) is 0 Å². The lowest BCUT2D eigenvalue weighted by Crippen LogP contribution is -2.50. The second-order valence-electron chi connectivity index (χ2n) is 9.52. The molecule has 7 nitrogen and oxygen atoms in total. The molecule has 0 spiro atoms. The number of nitrogens with zero attached hydrogens (tertiary/aromatic N) is 1. The van der Waals surface area contributed by atoms with Crippen LogP contribution >= 0.6 is 0 Å². The highest BCUT2D eigenvalue weighted by Crippen LogP contribution is 2.20. The molecule has 0 fully saturated rings. The van der Waals surface area contributed by atoms with E-state index in [0.29, 0.717) is 40.4 Å². The van der Waals surface area contributed by atoms with Gasteiger partial charge in [0.2, 0.25) is 0 Å². The molecule has 37 heavy (non-hydrogen) atoms. The molecule has 3 rings (SSSR count). The number of carbonyl (C=O) groups is 1. The van der Waals surface area contributed by atoms with Crippen molar-refractivity contribution in [2.24, 2.45) is 5.92 Å². The summed E-state index contributed by atoms with van der Waals surface area (Å²) in [7, 11) is 0.0807. The Kier molecular flexibility index (Phi) is 10.3. The van der Waals surface area contributed by atoms with Crippen molar-refractivity contribution in [3.63, 3.8) is 0 Å². The van der Waals surface area contributed by atoms with Gasteiger partial charge in [0, 0.05) is 24.3 Å². The number of ether oxygens (including phenoxy) is 1. The van der Waals surface area contributed by atoms with Gasteiger partial charge in [0.1, 0.15) is 16.7 Å². The lowest BCUT2D eigenvalue weighted by molar-refractivity contribution is 0.0779. The Bertz CT molecular complexity index is 1190. The molecule has 0 bridgehead atoms. The summed E-state index contributed by atoms with van der Waals surface area (Å²) in [6.07, 6.45) is -0.564. The van der Waals surface area contributed by atoms with E-state index >= 15 is 0 Å². The third-order valence-electron chi connectivity index (χ3n) is 6.15. The van der Waals surface area contributed by atoms with Gasteiger partial charge in [0.25, 0.3) is 5.91 Å². The van der Waals surface area contributed by atoms with Crippen LogP contribution in [0.3, 0.4) is 0 Å². The fourth-order valence-electron chi connectivity index (χ4n) is 4.09. The molecule has 0 aromatic heterocycles. The van der Waals surface area contributed by atoms with Gasteiger partial charge in [-0.05, 0) is 66.8 Å². The average molecular weight is 524 g/mol. The molecule has 1 amide bonds. The molecule has 0 heterocycles. The predicted molar refractivity (Wildman–Crippen MR) is 149 cm³/mol. The summed E-state index contributed by atoms with van der Waals surface area (Å²) in [5, 5.41) is 14.4. The first-order valence-electron chi connectivity index (χ1n) is 12.4. The molecule has 4 N–H and O–H groups in total. The first kappa shape index (κ1) is 28.4. The van der Waals surface area contributed by atoms with Crippen LogP contribution in [0.25, 0.3) is 0 Å². The fourth-order valence-corrected chi connectivity index (χ4v) is 5.48. The van der Waals surface area contributed by atoms with Crippen LogP contribution < -0.4 is 15.8 Å². The standard InChI is InChI=1S/C29H37N3O4S/c1-20(2)18-32(37(35)24-15-13-23(36-4)14-16-24)19-28(33)27(17-22-9-6-5-7-10-22)31-29(34)25-11-8-12-26(30)21(25)3/h5-16,20,27-28,33H,17-19,30H2,1-4H3,(H,31,34)/t27-,28+,37?/m0/s1. The highest BCUT2D eigenvalue weighted by Gasteiger charge is 2.28. The third-order valence-corrected chi connectivity index (χ3v) is 7.60. The normalized spacial score (nSPS) is 13.8. The maximum Gasteiger partial charge on any atom is 0.251 e. The maximum atomic E-state index is 13.5. The van der Waals surface area contributed by atoms with E-state index in [1.807, 2.05) is 44.2 Å². The smallest absolute Gasteiger partial charge is 0.251 e. The summed E-state index contributed by atoms with van der Waals surface area (Å²) >= 11 is 0. The Labute approximate surface area is 222 Å². The molecule has 0 aliphatic carbocycles. The molecule has 1 unspecified atom stereocenters. The number of aliphatic hydroxyl groups is 1. The third kappa shape index (κ3) is 7.89. The van der Waals surface area contributed by atoms with Crippen LogP contribution in [0.4, 0.5) is 5.69 Å². The van der Waals surface area contributed by atoms with Crippen molar-refractivity contribution in [1.29, 1.82) is 0 Å². The molecule has 0 aliphatic rings. The number of methoxy groups -OCH3 is 1. The minimum Gasteiger partial charge on any atom is -0.497 e. The lowest BCUT2D eigenvalue weighted by Gasteiger charge is -2.30. The molecule has 0 radical (unpaired) electrons. The Balaban J connectivity index is 1.85. The molecule has 3 aromatic carbocycles. The van der Waals surface area contributed by atoms with Crippen LogP contribution in [0.2, 0.25) is 0 Å². The number of aliphatic hydroxyl groups excluding tert-OH is 1. The van der Waals surface area contributed by atoms with E-state index in [4.69, 9.17) is 10.5 Å². The van der Waals surface area contributed by atoms with Crippen LogP contribution in [-0.4, -0.2) is 51.9 Å². The summed E-state index contributed by atoms with van der Waals surface area (Å²) < 4.78 is 20.5. The minimum atomic E-state index is -1.50.